The molecule has 0 spiro atoms. The predicted molar refractivity (Wildman–Crippen MR) is 115 cm³/mol. The third kappa shape index (κ3) is 3.91. The van der Waals surface area contributed by atoms with Gasteiger partial charge in [0.15, 0.2) is 0 Å². The van der Waals surface area contributed by atoms with E-state index in [-0.39, 0.29) is 0 Å². The summed E-state index contributed by atoms with van der Waals surface area (Å²) in [6, 6.07) is 33.3. The van der Waals surface area contributed by atoms with Gasteiger partial charge in [0.1, 0.15) is 0 Å². The number of unbranched alkanes of at least 4 members (excludes halogenated alkanes) is 1. The van der Waals surface area contributed by atoms with Crippen LogP contribution in [-0.2, 0) is 0 Å². The number of benzene rings is 3. The zero-order valence-electron chi connectivity index (χ0n) is 14.9. The summed E-state index contributed by atoms with van der Waals surface area (Å²) >= 11 is 0. The normalized spacial score (nSPS) is 12.4. The summed E-state index contributed by atoms with van der Waals surface area (Å²) < 4.78 is 0. The van der Waals surface area contributed by atoms with Crippen molar-refractivity contribution in [2.75, 3.05) is 6.16 Å². The van der Waals surface area contributed by atoms with Gasteiger partial charge in [-0.1, -0.05) is 0 Å². The summed E-state index contributed by atoms with van der Waals surface area (Å²) in [6.45, 7) is 2.24. The minimum absolute atomic E-state index is 1.10. The standard InChI is InChI=1S/C24H27P/c1-2-3-4-14-21-25(22-15-8-5-9-16-22,23-17-10-6-11-18-23)24-19-12-7-13-20-24/h4-20,25H,2-3,21H2,1H3/b14-4+. The molecular formula is C24H27P. The van der Waals surface area contributed by atoms with Crippen molar-refractivity contribution in [1.82, 2.24) is 0 Å². The molecule has 0 atom stereocenters. The third-order valence-corrected chi connectivity index (χ3v) is 9.65. The van der Waals surface area contributed by atoms with E-state index in [1.54, 1.807) is 0 Å². The van der Waals surface area contributed by atoms with Crippen LogP contribution in [0.3, 0.4) is 0 Å². The van der Waals surface area contributed by atoms with Gasteiger partial charge < -0.3 is 0 Å². The SMILES string of the molecule is CCC/C=C/C[PH](c1ccccc1)(c1ccccc1)c1ccccc1. The van der Waals surface area contributed by atoms with Crippen molar-refractivity contribution in [2.45, 2.75) is 19.8 Å². The Hall–Kier alpha value is -2.17. The zero-order chi connectivity index (χ0) is 17.4. The molecule has 0 radical (unpaired) electrons. The molecular weight excluding hydrogens is 319 g/mol. The number of rotatable bonds is 7. The van der Waals surface area contributed by atoms with Crippen LogP contribution < -0.4 is 15.9 Å². The molecule has 0 aliphatic carbocycles. The molecule has 0 aromatic heterocycles. The Morgan fingerprint density at radius 1 is 0.600 bits per heavy atom. The fraction of sp³-hybridized carbons (Fsp3) is 0.167. The molecule has 0 fully saturated rings. The Labute approximate surface area is 152 Å². The number of hydrogen-bond donors (Lipinski definition) is 0. The molecule has 3 aromatic rings. The second kappa shape index (κ2) is 8.79. The fourth-order valence-electron chi connectivity index (χ4n) is 3.57. The molecule has 0 nitrogen and oxygen atoms in total. The molecule has 0 saturated heterocycles. The van der Waals surface area contributed by atoms with Gasteiger partial charge in [0.25, 0.3) is 0 Å². The van der Waals surface area contributed by atoms with Crippen LogP contribution in [0.4, 0.5) is 0 Å². The van der Waals surface area contributed by atoms with Crippen molar-refractivity contribution in [3.05, 3.63) is 103 Å². The van der Waals surface area contributed by atoms with Crippen LogP contribution in [0.1, 0.15) is 19.8 Å². The molecule has 0 unspecified atom stereocenters. The van der Waals surface area contributed by atoms with E-state index in [9.17, 15) is 0 Å². The molecule has 0 aliphatic heterocycles. The summed E-state index contributed by atoms with van der Waals surface area (Å²) in [4.78, 5) is 0. The van der Waals surface area contributed by atoms with Gasteiger partial charge >= 0.3 is 152 Å². The monoisotopic (exact) mass is 346 g/mol. The first-order chi connectivity index (χ1) is 12.4. The maximum absolute atomic E-state index is 2.42. The van der Waals surface area contributed by atoms with Gasteiger partial charge in [-0.25, -0.2) is 0 Å². The van der Waals surface area contributed by atoms with Crippen molar-refractivity contribution in [1.29, 1.82) is 0 Å². The molecule has 3 rings (SSSR count). The second-order valence-electron chi connectivity index (χ2n) is 6.47. The molecule has 0 amide bonds. The fourth-order valence-corrected chi connectivity index (χ4v) is 8.08. The van der Waals surface area contributed by atoms with Crippen molar-refractivity contribution in [2.24, 2.45) is 0 Å². The summed E-state index contributed by atoms with van der Waals surface area (Å²) in [7, 11) is -2.06. The zero-order valence-corrected chi connectivity index (χ0v) is 15.9. The van der Waals surface area contributed by atoms with Gasteiger partial charge in [-0.3, -0.25) is 0 Å². The minimum atomic E-state index is -2.06. The van der Waals surface area contributed by atoms with Crippen molar-refractivity contribution < 1.29 is 0 Å². The Balaban J connectivity index is 2.20. The third-order valence-electron chi connectivity index (χ3n) is 4.85. The first-order valence-corrected chi connectivity index (χ1v) is 11.4. The Morgan fingerprint density at radius 2 is 1.00 bits per heavy atom. The van der Waals surface area contributed by atoms with Gasteiger partial charge in [-0.15, -0.1) is 0 Å². The second-order valence-corrected chi connectivity index (χ2v) is 10.4. The quantitative estimate of drug-likeness (QED) is 0.414. The Kier molecular flexibility index (Phi) is 6.20. The number of allylic oxidation sites excluding steroid dienone is 2. The average molecular weight is 346 g/mol. The molecule has 0 aliphatic rings. The molecule has 25 heavy (non-hydrogen) atoms. The molecule has 3 aromatic carbocycles. The number of hydrogen-bond acceptors (Lipinski definition) is 0. The van der Waals surface area contributed by atoms with Crippen LogP contribution in [0.15, 0.2) is 103 Å². The van der Waals surface area contributed by atoms with Crippen LogP contribution in [0.25, 0.3) is 0 Å². The van der Waals surface area contributed by atoms with Gasteiger partial charge in [-0.05, 0) is 0 Å². The van der Waals surface area contributed by atoms with Crippen LogP contribution in [0.5, 0.6) is 0 Å². The predicted octanol–water partition coefficient (Wildman–Crippen LogP) is 5.07. The van der Waals surface area contributed by atoms with Gasteiger partial charge in [-0.2, -0.15) is 0 Å². The van der Waals surface area contributed by atoms with Gasteiger partial charge in [0, 0.05) is 0 Å². The van der Waals surface area contributed by atoms with Crippen molar-refractivity contribution >= 4 is 23.2 Å². The molecule has 0 heterocycles. The van der Waals surface area contributed by atoms with Gasteiger partial charge in [0.05, 0.1) is 0 Å². The van der Waals surface area contributed by atoms with E-state index in [1.165, 1.54) is 22.3 Å². The molecule has 128 valence electrons. The Morgan fingerprint density at radius 3 is 1.36 bits per heavy atom. The van der Waals surface area contributed by atoms with Crippen LogP contribution >= 0.6 is 7.26 Å². The van der Waals surface area contributed by atoms with E-state index in [1.807, 2.05) is 0 Å². The van der Waals surface area contributed by atoms with Gasteiger partial charge in [0.2, 0.25) is 0 Å². The van der Waals surface area contributed by atoms with Crippen molar-refractivity contribution in [3.63, 3.8) is 0 Å². The first kappa shape index (κ1) is 17.6. The average Bonchev–Trinajstić information content (AvgIpc) is 2.70. The summed E-state index contributed by atoms with van der Waals surface area (Å²) in [5, 5.41) is 4.44. The van der Waals surface area contributed by atoms with Crippen LogP contribution in [-0.4, -0.2) is 6.16 Å². The van der Waals surface area contributed by atoms with E-state index in [2.05, 4.69) is 110 Å². The van der Waals surface area contributed by atoms with E-state index in [0.29, 0.717) is 0 Å². The maximum atomic E-state index is 2.42. The topological polar surface area (TPSA) is 0 Å². The molecule has 1 heteroatoms. The van der Waals surface area contributed by atoms with E-state index in [4.69, 9.17) is 0 Å². The van der Waals surface area contributed by atoms with Crippen LogP contribution in [0.2, 0.25) is 0 Å². The van der Waals surface area contributed by atoms with E-state index >= 15 is 0 Å². The molecule has 0 N–H and O–H groups in total. The first-order valence-electron chi connectivity index (χ1n) is 9.19. The molecule has 0 bridgehead atoms. The summed E-state index contributed by atoms with van der Waals surface area (Å²) in [5.74, 6) is 0. The molecule has 0 saturated carbocycles. The van der Waals surface area contributed by atoms with Crippen molar-refractivity contribution in [3.8, 4) is 0 Å². The van der Waals surface area contributed by atoms with Crippen LogP contribution in [0, 0.1) is 0 Å². The van der Waals surface area contributed by atoms with E-state index in [0.717, 1.165) is 12.6 Å². The Bertz CT molecular complexity index is 679. The summed E-state index contributed by atoms with van der Waals surface area (Å²) in [5.41, 5.74) is 0. The van der Waals surface area contributed by atoms with E-state index < -0.39 is 7.26 Å². The summed E-state index contributed by atoms with van der Waals surface area (Å²) in [6.07, 6.45) is 8.24.